The first-order valence-electron chi connectivity index (χ1n) is 6.49. The zero-order valence-electron chi connectivity index (χ0n) is 11.2. The average molecular weight is 261 g/mol. The Hall–Kier alpha value is -1.29. The highest BCUT2D eigenvalue weighted by Crippen LogP contribution is 2.37. The van der Waals surface area contributed by atoms with E-state index in [1.165, 1.54) is 28.2 Å². The highest BCUT2D eigenvalue weighted by molar-refractivity contribution is 7.12. The van der Waals surface area contributed by atoms with Crippen LogP contribution in [0.2, 0.25) is 0 Å². The standard InChI is InChI=1S/C14H19N3S/c1-9-6-13(18-11(9)3)7-15-14-16-10(2)8-17(14)12-4-5-12/h6,8,12H,4-5,7H2,1-3H3,(H,15,16). The maximum Gasteiger partial charge on any atom is 0.203 e. The number of imidazole rings is 1. The second kappa shape index (κ2) is 4.43. The number of rotatable bonds is 4. The summed E-state index contributed by atoms with van der Waals surface area (Å²) in [6.07, 6.45) is 4.74. The molecule has 2 aromatic rings. The van der Waals surface area contributed by atoms with E-state index in [1.54, 1.807) is 0 Å². The molecule has 2 aromatic heterocycles. The number of hydrogen-bond donors (Lipinski definition) is 1. The van der Waals surface area contributed by atoms with Gasteiger partial charge in [0.2, 0.25) is 5.95 Å². The van der Waals surface area contributed by atoms with Gasteiger partial charge in [-0.3, -0.25) is 0 Å². The van der Waals surface area contributed by atoms with Crippen LogP contribution in [0.15, 0.2) is 12.3 Å². The number of nitrogens with one attached hydrogen (secondary N) is 1. The number of nitrogens with zero attached hydrogens (tertiary/aromatic N) is 2. The molecule has 18 heavy (non-hydrogen) atoms. The van der Waals surface area contributed by atoms with Crippen molar-refractivity contribution in [2.24, 2.45) is 0 Å². The van der Waals surface area contributed by atoms with Gasteiger partial charge < -0.3 is 9.88 Å². The van der Waals surface area contributed by atoms with Gasteiger partial charge in [-0.2, -0.15) is 0 Å². The van der Waals surface area contributed by atoms with E-state index < -0.39 is 0 Å². The van der Waals surface area contributed by atoms with E-state index >= 15 is 0 Å². The summed E-state index contributed by atoms with van der Waals surface area (Å²) in [5, 5.41) is 3.47. The molecule has 0 spiro atoms. The van der Waals surface area contributed by atoms with Crippen molar-refractivity contribution in [2.45, 2.75) is 46.2 Å². The third kappa shape index (κ3) is 2.29. The van der Waals surface area contributed by atoms with Crippen LogP contribution in [0, 0.1) is 20.8 Å². The van der Waals surface area contributed by atoms with Crippen LogP contribution in [0.4, 0.5) is 5.95 Å². The smallest absolute Gasteiger partial charge is 0.203 e. The quantitative estimate of drug-likeness (QED) is 0.906. The van der Waals surface area contributed by atoms with Gasteiger partial charge in [-0.25, -0.2) is 4.98 Å². The van der Waals surface area contributed by atoms with Gasteiger partial charge >= 0.3 is 0 Å². The van der Waals surface area contributed by atoms with Crippen molar-refractivity contribution in [3.63, 3.8) is 0 Å². The summed E-state index contributed by atoms with van der Waals surface area (Å²) < 4.78 is 2.29. The van der Waals surface area contributed by atoms with Gasteiger partial charge in [0.15, 0.2) is 0 Å². The van der Waals surface area contributed by atoms with Crippen LogP contribution in [0.3, 0.4) is 0 Å². The molecule has 0 atom stereocenters. The topological polar surface area (TPSA) is 29.9 Å². The molecule has 3 rings (SSSR count). The largest absolute Gasteiger partial charge is 0.351 e. The average Bonchev–Trinajstić information content (AvgIpc) is 3.03. The highest BCUT2D eigenvalue weighted by Gasteiger charge is 2.26. The molecule has 0 amide bonds. The van der Waals surface area contributed by atoms with E-state index in [-0.39, 0.29) is 0 Å². The van der Waals surface area contributed by atoms with Crippen molar-refractivity contribution in [3.8, 4) is 0 Å². The molecule has 0 unspecified atom stereocenters. The van der Waals surface area contributed by atoms with Gasteiger partial charge in [0.05, 0.1) is 12.2 Å². The fourth-order valence-electron chi connectivity index (χ4n) is 2.18. The Morgan fingerprint density at radius 3 is 2.78 bits per heavy atom. The summed E-state index contributed by atoms with van der Waals surface area (Å²) in [6.45, 7) is 7.29. The predicted octanol–water partition coefficient (Wildman–Crippen LogP) is 3.82. The minimum atomic E-state index is 0.681. The molecule has 0 radical (unpaired) electrons. The molecule has 2 heterocycles. The molecule has 1 aliphatic carbocycles. The predicted molar refractivity (Wildman–Crippen MR) is 76.4 cm³/mol. The normalized spacial score (nSPS) is 15.1. The van der Waals surface area contributed by atoms with Gasteiger partial charge in [0, 0.05) is 22.0 Å². The number of aromatic nitrogens is 2. The summed E-state index contributed by atoms with van der Waals surface area (Å²) in [5.41, 5.74) is 2.49. The van der Waals surface area contributed by atoms with Crippen molar-refractivity contribution in [2.75, 3.05) is 5.32 Å². The minimum absolute atomic E-state index is 0.681. The van der Waals surface area contributed by atoms with E-state index in [0.29, 0.717) is 6.04 Å². The lowest BCUT2D eigenvalue weighted by atomic mass is 10.3. The Morgan fingerprint density at radius 1 is 1.39 bits per heavy atom. The first kappa shape index (κ1) is 11.8. The second-order valence-corrected chi connectivity index (χ2v) is 6.49. The zero-order valence-corrected chi connectivity index (χ0v) is 12.0. The molecule has 0 aromatic carbocycles. The van der Waals surface area contributed by atoms with E-state index in [0.717, 1.165) is 18.2 Å². The molecular formula is C14H19N3S. The number of hydrogen-bond acceptors (Lipinski definition) is 3. The number of aryl methyl sites for hydroxylation is 3. The Morgan fingerprint density at radius 2 is 2.17 bits per heavy atom. The van der Waals surface area contributed by atoms with Crippen LogP contribution >= 0.6 is 11.3 Å². The Balaban J connectivity index is 1.72. The number of thiophene rings is 1. The van der Waals surface area contributed by atoms with Gasteiger partial charge in [-0.1, -0.05) is 0 Å². The van der Waals surface area contributed by atoms with Crippen molar-refractivity contribution in [3.05, 3.63) is 33.3 Å². The van der Waals surface area contributed by atoms with Crippen LogP contribution in [-0.4, -0.2) is 9.55 Å². The van der Waals surface area contributed by atoms with E-state index in [4.69, 9.17) is 0 Å². The Labute approximate surface area is 112 Å². The highest BCUT2D eigenvalue weighted by atomic mass is 32.1. The zero-order chi connectivity index (χ0) is 12.7. The Bertz CT molecular complexity index is 544. The third-order valence-corrected chi connectivity index (χ3v) is 4.58. The lowest BCUT2D eigenvalue weighted by molar-refractivity contribution is 0.743. The first-order chi connectivity index (χ1) is 8.63. The van der Waals surface area contributed by atoms with E-state index in [9.17, 15) is 0 Å². The summed E-state index contributed by atoms with van der Waals surface area (Å²) in [6, 6.07) is 2.95. The van der Waals surface area contributed by atoms with Crippen molar-refractivity contribution in [1.29, 1.82) is 0 Å². The Kier molecular flexibility index (Phi) is 2.90. The van der Waals surface area contributed by atoms with Crippen LogP contribution in [0.5, 0.6) is 0 Å². The third-order valence-electron chi connectivity index (χ3n) is 3.43. The molecule has 96 valence electrons. The maximum absolute atomic E-state index is 4.57. The van der Waals surface area contributed by atoms with Crippen molar-refractivity contribution < 1.29 is 0 Å². The molecular weight excluding hydrogens is 242 g/mol. The molecule has 1 fully saturated rings. The summed E-state index contributed by atoms with van der Waals surface area (Å²) in [7, 11) is 0. The summed E-state index contributed by atoms with van der Waals surface area (Å²) >= 11 is 1.87. The molecule has 3 nitrogen and oxygen atoms in total. The van der Waals surface area contributed by atoms with Crippen LogP contribution in [0.1, 0.15) is 39.9 Å². The summed E-state index contributed by atoms with van der Waals surface area (Å²) in [5.74, 6) is 1.03. The second-order valence-electron chi connectivity index (χ2n) is 5.15. The molecule has 1 aliphatic rings. The van der Waals surface area contributed by atoms with E-state index in [2.05, 4.69) is 47.9 Å². The first-order valence-corrected chi connectivity index (χ1v) is 7.30. The SMILES string of the molecule is Cc1cn(C2CC2)c(NCc2cc(C)c(C)s2)n1. The fourth-order valence-corrected chi connectivity index (χ4v) is 3.17. The molecule has 0 aliphatic heterocycles. The molecule has 1 N–H and O–H groups in total. The van der Waals surface area contributed by atoms with Crippen LogP contribution in [-0.2, 0) is 6.54 Å². The monoisotopic (exact) mass is 261 g/mol. The van der Waals surface area contributed by atoms with Crippen molar-refractivity contribution in [1.82, 2.24) is 9.55 Å². The molecule has 1 saturated carbocycles. The van der Waals surface area contributed by atoms with Gasteiger partial charge in [0.25, 0.3) is 0 Å². The van der Waals surface area contributed by atoms with Gasteiger partial charge in [0.1, 0.15) is 0 Å². The molecule has 4 heteroatoms. The lowest BCUT2D eigenvalue weighted by Gasteiger charge is -2.07. The van der Waals surface area contributed by atoms with Gasteiger partial charge in [-0.05, 0) is 45.2 Å². The molecule has 0 saturated heterocycles. The van der Waals surface area contributed by atoms with Gasteiger partial charge in [-0.15, -0.1) is 11.3 Å². The lowest BCUT2D eigenvalue weighted by Crippen LogP contribution is -2.05. The molecule has 0 bridgehead atoms. The summed E-state index contributed by atoms with van der Waals surface area (Å²) in [4.78, 5) is 7.37. The maximum atomic E-state index is 4.57. The van der Waals surface area contributed by atoms with Crippen LogP contribution < -0.4 is 5.32 Å². The minimum Gasteiger partial charge on any atom is -0.351 e. The fraction of sp³-hybridized carbons (Fsp3) is 0.500. The number of anilines is 1. The van der Waals surface area contributed by atoms with E-state index in [1.807, 2.05) is 11.3 Å². The van der Waals surface area contributed by atoms with Crippen molar-refractivity contribution >= 4 is 17.3 Å². The van der Waals surface area contributed by atoms with Crippen LogP contribution in [0.25, 0.3) is 0 Å².